The van der Waals surface area contributed by atoms with Crippen LogP contribution in [-0.4, -0.2) is 111 Å². The van der Waals surface area contributed by atoms with Gasteiger partial charge in [0.15, 0.2) is 6.29 Å². The summed E-state index contributed by atoms with van der Waals surface area (Å²) in [4.78, 5) is 33.1. The lowest BCUT2D eigenvalue weighted by molar-refractivity contribution is -0.148. The molecule has 0 spiro atoms. The van der Waals surface area contributed by atoms with Gasteiger partial charge in [0.1, 0.15) is 5.75 Å². The van der Waals surface area contributed by atoms with Crippen LogP contribution in [0.4, 0.5) is 0 Å². The number of aliphatic carboxylic acids is 1. The molecule has 0 unspecified atom stereocenters. The molecule has 3 atom stereocenters. The van der Waals surface area contributed by atoms with Crippen LogP contribution in [0.25, 0.3) is 0 Å². The molecule has 3 heterocycles. The molecule has 1 amide bonds. The second-order valence-electron chi connectivity index (χ2n) is 12.9. The molecule has 2 fully saturated rings. The summed E-state index contributed by atoms with van der Waals surface area (Å²) in [6, 6.07) is 5.79. The van der Waals surface area contributed by atoms with Crippen molar-refractivity contribution in [2.45, 2.75) is 77.5 Å². The number of hydrogen-bond acceptors (Lipinski definition) is 7. The van der Waals surface area contributed by atoms with Gasteiger partial charge in [-0.05, 0) is 63.5 Å². The van der Waals surface area contributed by atoms with Crippen molar-refractivity contribution < 1.29 is 28.9 Å². The minimum absolute atomic E-state index is 0.0895. The Kier molecular flexibility index (Phi) is 11.1. The summed E-state index contributed by atoms with van der Waals surface area (Å²) >= 11 is 0. The highest BCUT2D eigenvalue weighted by atomic mass is 16.7. The van der Waals surface area contributed by atoms with Crippen molar-refractivity contribution in [3.05, 3.63) is 29.3 Å². The summed E-state index contributed by atoms with van der Waals surface area (Å²) < 4.78 is 17.5. The molecule has 0 saturated carbocycles. The molecule has 41 heavy (non-hydrogen) atoms. The van der Waals surface area contributed by atoms with Gasteiger partial charge in [0.05, 0.1) is 32.3 Å². The zero-order chi connectivity index (χ0) is 29.6. The topological polar surface area (TPSA) is 91.8 Å². The van der Waals surface area contributed by atoms with Gasteiger partial charge in [0.2, 0.25) is 5.91 Å². The lowest BCUT2D eigenvalue weighted by Gasteiger charge is -2.37. The van der Waals surface area contributed by atoms with Crippen molar-refractivity contribution in [1.82, 2.24) is 14.7 Å². The molecule has 0 radical (unpaired) electrons. The minimum atomic E-state index is -0.817. The lowest BCUT2D eigenvalue weighted by atomic mass is 9.77. The number of unbranched alkanes of at least 4 members (excludes halogenated alkanes) is 2. The first-order valence-corrected chi connectivity index (χ1v) is 15.5. The highest BCUT2D eigenvalue weighted by molar-refractivity contribution is 5.79. The van der Waals surface area contributed by atoms with Gasteiger partial charge < -0.3 is 29.1 Å². The van der Waals surface area contributed by atoms with Crippen LogP contribution in [0.2, 0.25) is 0 Å². The molecule has 9 heteroatoms. The molecular formula is C32H51N3O6. The first kappa shape index (κ1) is 31.7. The summed E-state index contributed by atoms with van der Waals surface area (Å²) in [6.45, 7) is 11.3. The fourth-order valence-electron chi connectivity index (χ4n) is 6.68. The molecule has 0 aliphatic carbocycles. The van der Waals surface area contributed by atoms with Gasteiger partial charge in [0.25, 0.3) is 0 Å². The van der Waals surface area contributed by atoms with E-state index in [1.54, 1.807) is 0 Å². The number of carboxylic acids is 1. The second kappa shape index (κ2) is 14.3. The van der Waals surface area contributed by atoms with E-state index in [2.05, 4.69) is 50.7 Å². The van der Waals surface area contributed by atoms with Crippen LogP contribution in [0, 0.1) is 11.3 Å². The Labute approximate surface area is 246 Å². The minimum Gasteiger partial charge on any atom is -0.493 e. The van der Waals surface area contributed by atoms with Gasteiger partial charge in [-0.25, -0.2) is 0 Å². The van der Waals surface area contributed by atoms with Crippen LogP contribution in [0.5, 0.6) is 5.75 Å². The molecule has 4 rings (SSSR count). The SMILES string of the molecule is CCCCN(CCCCN(C)C)C(=O)CN1C[C@H](c2ccc3c(c2)CCO3)[C@@H](C(=O)O)[C@@H]1CC(C)(C)C1OCCO1. The van der Waals surface area contributed by atoms with E-state index in [1.807, 2.05) is 17.0 Å². The van der Waals surface area contributed by atoms with Crippen molar-refractivity contribution in [3.8, 4) is 5.75 Å². The van der Waals surface area contributed by atoms with E-state index in [0.29, 0.717) is 32.8 Å². The maximum Gasteiger partial charge on any atom is 0.308 e. The van der Waals surface area contributed by atoms with Crippen LogP contribution >= 0.6 is 0 Å². The molecule has 1 N–H and O–H groups in total. The fourth-order valence-corrected chi connectivity index (χ4v) is 6.68. The number of nitrogens with zero attached hydrogens (tertiary/aromatic N) is 3. The smallest absolute Gasteiger partial charge is 0.308 e. The van der Waals surface area contributed by atoms with Gasteiger partial charge in [-0.15, -0.1) is 0 Å². The number of carboxylic acid groups (broad SMARTS) is 1. The zero-order valence-electron chi connectivity index (χ0n) is 25.8. The first-order chi connectivity index (χ1) is 19.6. The van der Waals surface area contributed by atoms with Crippen LogP contribution in [-0.2, 0) is 25.5 Å². The van der Waals surface area contributed by atoms with Crippen molar-refractivity contribution in [2.75, 3.05) is 66.6 Å². The van der Waals surface area contributed by atoms with Crippen LogP contribution in [0.3, 0.4) is 0 Å². The Hall–Kier alpha value is -2.20. The number of hydrogen-bond donors (Lipinski definition) is 1. The van der Waals surface area contributed by atoms with Crippen molar-refractivity contribution in [1.29, 1.82) is 0 Å². The Balaban J connectivity index is 1.58. The normalized spacial score (nSPS) is 23.2. The van der Waals surface area contributed by atoms with Gasteiger partial charge in [-0.1, -0.05) is 39.3 Å². The Morgan fingerprint density at radius 3 is 2.44 bits per heavy atom. The quantitative estimate of drug-likeness (QED) is 0.317. The maximum absolute atomic E-state index is 13.8. The third kappa shape index (κ3) is 8.00. The molecule has 230 valence electrons. The highest BCUT2D eigenvalue weighted by Crippen LogP contribution is 2.45. The molecule has 9 nitrogen and oxygen atoms in total. The van der Waals surface area contributed by atoms with Gasteiger partial charge in [-0.3, -0.25) is 14.5 Å². The van der Waals surface area contributed by atoms with Crippen molar-refractivity contribution >= 4 is 11.9 Å². The van der Waals surface area contributed by atoms with E-state index in [1.165, 1.54) is 0 Å². The molecule has 0 bridgehead atoms. The predicted octanol–water partition coefficient (Wildman–Crippen LogP) is 3.85. The molecule has 3 aliphatic heterocycles. The predicted molar refractivity (Wildman–Crippen MR) is 158 cm³/mol. The monoisotopic (exact) mass is 573 g/mol. The summed E-state index contributed by atoms with van der Waals surface area (Å²) in [5, 5.41) is 10.6. The van der Waals surface area contributed by atoms with E-state index in [0.717, 1.165) is 68.6 Å². The van der Waals surface area contributed by atoms with Crippen LogP contribution in [0.15, 0.2) is 18.2 Å². The largest absolute Gasteiger partial charge is 0.493 e. The molecule has 3 aliphatic rings. The average Bonchev–Trinajstić information content (AvgIpc) is 3.68. The number of ether oxygens (including phenoxy) is 3. The fraction of sp³-hybridized carbons (Fsp3) is 0.750. The van der Waals surface area contributed by atoms with Crippen molar-refractivity contribution in [3.63, 3.8) is 0 Å². The average molecular weight is 574 g/mol. The summed E-state index contributed by atoms with van der Waals surface area (Å²) in [7, 11) is 4.14. The Morgan fingerprint density at radius 1 is 1.05 bits per heavy atom. The first-order valence-electron chi connectivity index (χ1n) is 15.5. The Bertz CT molecular complexity index is 1020. The van der Waals surface area contributed by atoms with Crippen LogP contribution < -0.4 is 4.74 Å². The number of amides is 1. The molecule has 1 aromatic carbocycles. The maximum atomic E-state index is 13.8. The molecule has 1 aromatic rings. The lowest BCUT2D eigenvalue weighted by Crippen LogP contribution is -2.47. The van der Waals surface area contributed by atoms with E-state index < -0.39 is 17.3 Å². The molecular weight excluding hydrogens is 522 g/mol. The third-order valence-electron chi connectivity index (χ3n) is 8.93. The van der Waals surface area contributed by atoms with E-state index >= 15 is 0 Å². The van der Waals surface area contributed by atoms with Crippen molar-refractivity contribution in [2.24, 2.45) is 11.3 Å². The molecule has 0 aromatic heterocycles. The third-order valence-corrected chi connectivity index (χ3v) is 8.93. The number of likely N-dealkylation sites (tertiary alicyclic amines) is 1. The summed E-state index contributed by atoms with van der Waals surface area (Å²) in [5.74, 6) is -0.705. The Morgan fingerprint density at radius 2 is 1.76 bits per heavy atom. The highest BCUT2D eigenvalue weighted by Gasteiger charge is 2.50. The van der Waals surface area contributed by atoms with Crippen LogP contribution in [0.1, 0.15) is 69.9 Å². The summed E-state index contributed by atoms with van der Waals surface area (Å²) in [5.41, 5.74) is 1.74. The van der Waals surface area contributed by atoms with E-state index in [-0.39, 0.29) is 30.7 Å². The standard InChI is InChI=1S/C32H51N3O6/c1-6-7-14-34(15-9-8-13-33(4)5)28(36)22-35-21-25(23-10-11-27-24(19-23)12-16-39-27)29(30(37)38)26(35)20-32(2,3)31-40-17-18-41-31/h10-11,19,25-26,29,31H,6-9,12-18,20-22H2,1-5H3,(H,37,38)/t25-,26+,29-/m1/s1. The van der Waals surface area contributed by atoms with Gasteiger partial charge in [-0.2, -0.15) is 0 Å². The zero-order valence-corrected chi connectivity index (χ0v) is 25.8. The van der Waals surface area contributed by atoms with Gasteiger partial charge in [0, 0.05) is 43.4 Å². The molecule has 2 saturated heterocycles. The number of carbonyl (C=O) groups is 2. The number of rotatable bonds is 15. The summed E-state index contributed by atoms with van der Waals surface area (Å²) in [6.07, 6.45) is 4.99. The second-order valence-corrected chi connectivity index (χ2v) is 12.9. The number of benzene rings is 1. The van der Waals surface area contributed by atoms with Gasteiger partial charge >= 0.3 is 5.97 Å². The number of fused-ring (bicyclic) bond motifs is 1. The van der Waals surface area contributed by atoms with E-state index in [9.17, 15) is 14.7 Å². The number of carbonyl (C=O) groups excluding carboxylic acids is 1. The van der Waals surface area contributed by atoms with E-state index in [4.69, 9.17) is 14.2 Å².